The second-order valence-electron chi connectivity index (χ2n) is 5.84. The fraction of sp³-hybridized carbons (Fsp3) is 0.0500. The zero-order chi connectivity index (χ0) is 19.5. The van der Waals surface area contributed by atoms with E-state index in [1.165, 1.54) is 18.1 Å². The Labute approximate surface area is 179 Å². The molecule has 4 aromatic rings. The first-order valence-corrected chi connectivity index (χ1v) is 10.9. The van der Waals surface area contributed by atoms with E-state index in [4.69, 9.17) is 23.2 Å². The maximum absolute atomic E-state index is 12.4. The van der Waals surface area contributed by atoms with E-state index < -0.39 is 0 Å². The monoisotopic (exact) mass is 445 g/mol. The first kappa shape index (κ1) is 19.2. The number of thioether (sulfide) groups is 1. The molecule has 4 nitrogen and oxygen atoms in total. The van der Waals surface area contributed by atoms with Crippen molar-refractivity contribution in [1.29, 1.82) is 0 Å². The van der Waals surface area contributed by atoms with Crippen LogP contribution in [0.1, 0.15) is 0 Å². The highest BCUT2D eigenvalue weighted by Gasteiger charge is 2.15. The van der Waals surface area contributed by atoms with Crippen molar-refractivity contribution in [2.45, 2.75) is 5.03 Å². The second-order valence-corrected chi connectivity index (χ2v) is 8.48. The molecular formula is C20H13Cl2N3OS2. The van der Waals surface area contributed by atoms with Crippen molar-refractivity contribution in [2.24, 2.45) is 0 Å². The number of fused-ring (bicyclic) bond motifs is 1. The molecule has 0 saturated heterocycles. The Kier molecular flexibility index (Phi) is 5.82. The number of amides is 1. The van der Waals surface area contributed by atoms with Gasteiger partial charge in [0.1, 0.15) is 16.2 Å². The summed E-state index contributed by atoms with van der Waals surface area (Å²) in [5.74, 6) is 0.0721. The zero-order valence-corrected chi connectivity index (χ0v) is 17.5. The van der Waals surface area contributed by atoms with E-state index in [1.54, 1.807) is 29.5 Å². The van der Waals surface area contributed by atoms with Gasteiger partial charge in [-0.25, -0.2) is 9.97 Å². The first-order chi connectivity index (χ1) is 13.6. The van der Waals surface area contributed by atoms with Gasteiger partial charge in [-0.2, -0.15) is 0 Å². The van der Waals surface area contributed by atoms with E-state index in [2.05, 4.69) is 32.8 Å². The Morgan fingerprint density at radius 2 is 1.89 bits per heavy atom. The van der Waals surface area contributed by atoms with Gasteiger partial charge in [-0.1, -0.05) is 65.3 Å². The molecule has 1 amide bonds. The number of nitrogens with one attached hydrogen (secondary N) is 1. The molecule has 1 N–H and O–H groups in total. The molecule has 0 saturated carbocycles. The average molecular weight is 446 g/mol. The summed E-state index contributed by atoms with van der Waals surface area (Å²) in [5.41, 5.74) is 2.78. The lowest BCUT2D eigenvalue weighted by Crippen LogP contribution is -2.14. The van der Waals surface area contributed by atoms with Crippen LogP contribution in [0.5, 0.6) is 0 Å². The van der Waals surface area contributed by atoms with Crippen LogP contribution >= 0.6 is 46.3 Å². The fourth-order valence-corrected chi connectivity index (χ4v) is 4.78. The third-order valence-electron chi connectivity index (χ3n) is 3.96. The van der Waals surface area contributed by atoms with Crippen LogP contribution in [0.3, 0.4) is 0 Å². The van der Waals surface area contributed by atoms with Crippen LogP contribution in [0.15, 0.2) is 65.3 Å². The average Bonchev–Trinajstić information content (AvgIpc) is 3.15. The minimum atomic E-state index is -0.147. The number of hydrogen-bond acceptors (Lipinski definition) is 5. The van der Waals surface area contributed by atoms with Crippen LogP contribution in [-0.2, 0) is 4.79 Å². The first-order valence-electron chi connectivity index (χ1n) is 8.27. The number of hydrogen-bond donors (Lipinski definition) is 1. The SMILES string of the molecule is O=C(CSc1ncnc2scc(-c3ccccc3)c12)Nc1ccc(Cl)c(Cl)c1. The van der Waals surface area contributed by atoms with Gasteiger partial charge in [0, 0.05) is 16.6 Å². The number of thiophene rings is 1. The largest absolute Gasteiger partial charge is 0.325 e. The summed E-state index contributed by atoms with van der Waals surface area (Å²) in [7, 11) is 0. The molecule has 0 bridgehead atoms. The molecule has 28 heavy (non-hydrogen) atoms. The van der Waals surface area contributed by atoms with Gasteiger partial charge >= 0.3 is 0 Å². The zero-order valence-electron chi connectivity index (χ0n) is 14.4. The van der Waals surface area contributed by atoms with Crippen LogP contribution in [0.4, 0.5) is 5.69 Å². The fourth-order valence-electron chi connectivity index (χ4n) is 2.69. The third-order valence-corrected chi connectivity index (χ3v) is 6.58. The molecule has 2 aromatic heterocycles. The third kappa shape index (κ3) is 4.15. The van der Waals surface area contributed by atoms with E-state index in [-0.39, 0.29) is 11.7 Å². The van der Waals surface area contributed by atoms with Crippen molar-refractivity contribution in [3.05, 3.63) is 70.3 Å². The molecule has 0 aliphatic rings. The maximum atomic E-state index is 12.4. The number of anilines is 1. The summed E-state index contributed by atoms with van der Waals surface area (Å²) >= 11 is 14.9. The predicted octanol–water partition coefficient (Wildman–Crippen LogP) is 6.40. The van der Waals surface area contributed by atoms with Crippen LogP contribution in [-0.4, -0.2) is 21.6 Å². The van der Waals surface area contributed by atoms with E-state index in [0.29, 0.717) is 15.7 Å². The minimum Gasteiger partial charge on any atom is -0.325 e. The molecule has 0 fully saturated rings. The Morgan fingerprint density at radius 1 is 1.07 bits per heavy atom. The number of aromatic nitrogens is 2. The van der Waals surface area contributed by atoms with Crippen LogP contribution in [0.2, 0.25) is 10.0 Å². The Morgan fingerprint density at radius 3 is 2.68 bits per heavy atom. The number of rotatable bonds is 5. The Balaban J connectivity index is 1.54. The van der Waals surface area contributed by atoms with Gasteiger partial charge in [0.05, 0.1) is 21.2 Å². The number of halogens is 2. The topological polar surface area (TPSA) is 54.9 Å². The molecular weight excluding hydrogens is 433 g/mol. The van der Waals surface area contributed by atoms with Gasteiger partial charge in [-0.15, -0.1) is 11.3 Å². The summed E-state index contributed by atoms with van der Waals surface area (Å²) in [4.78, 5) is 22.0. The van der Waals surface area contributed by atoms with Crippen molar-refractivity contribution < 1.29 is 4.79 Å². The summed E-state index contributed by atoms with van der Waals surface area (Å²) in [5, 5.41) is 7.51. The maximum Gasteiger partial charge on any atom is 0.234 e. The van der Waals surface area contributed by atoms with Gasteiger partial charge < -0.3 is 5.32 Å². The molecule has 0 radical (unpaired) electrons. The van der Waals surface area contributed by atoms with Crippen molar-refractivity contribution in [1.82, 2.24) is 9.97 Å². The molecule has 2 aromatic carbocycles. The lowest BCUT2D eigenvalue weighted by Gasteiger charge is -2.07. The van der Waals surface area contributed by atoms with E-state index >= 15 is 0 Å². The van der Waals surface area contributed by atoms with Crippen molar-refractivity contribution in [3.8, 4) is 11.1 Å². The molecule has 0 aliphatic carbocycles. The van der Waals surface area contributed by atoms with Crippen LogP contribution in [0, 0.1) is 0 Å². The van der Waals surface area contributed by atoms with Crippen molar-refractivity contribution >= 4 is 68.1 Å². The highest BCUT2D eigenvalue weighted by atomic mass is 35.5. The molecule has 0 spiro atoms. The lowest BCUT2D eigenvalue weighted by molar-refractivity contribution is -0.113. The lowest BCUT2D eigenvalue weighted by atomic mass is 10.1. The smallest absolute Gasteiger partial charge is 0.234 e. The quantitative estimate of drug-likeness (QED) is 0.285. The van der Waals surface area contributed by atoms with Gasteiger partial charge in [-0.3, -0.25) is 4.79 Å². The summed E-state index contributed by atoms with van der Waals surface area (Å²) in [6.45, 7) is 0. The molecule has 8 heteroatoms. The highest BCUT2D eigenvalue weighted by molar-refractivity contribution is 8.00. The van der Waals surface area contributed by atoms with Gasteiger partial charge in [0.2, 0.25) is 5.91 Å². The summed E-state index contributed by atoms with van der Waals surface area (Å²) in [6, 6.07) is 15.1. The number of nitrogens with zero attached hydrogens (tertiary/aromatic N) is 2. The van der Waals surface area contributed by atoms with Crippen LogP contribution in [0.25, 0.3) is 21.3 Å². The molecule has 0 atom stereocenters. The van der Waals surface area contributed by atoms with Gasteiger partial charge in [-0.05, 0) is 23.8 Å². The Hall–Kier alpha value is -2.12. The number of carbonyl (C=O) groups excluding carboxylic acids is 1. The van der Waals surface area contributed by atoms with Crippen molar-refractivity contribution in [3.63, 3.8) is 0 Å². The van der Waals surface area contributed by atoms with E-state index in [0.717, 1.165) is 26.4 Å². The van der Waals surface area contributed by atoms with Gasteiger partial charge in [0.15, 0.2) is 0 Å². The molecule has 140 valence electrons. The minimum absolute atomic E-state index is 0.147. The van der Waals surface area contributed by atoms with Gasteiger partial charge in [0.25, 0.3) is 0 Å². The predicted molar refractivity (Wildman–Crippen MR) is 119 cm³/mol. The van der Waals surface area contributed by atoms with Crippen molar-refractivity contribution in [2.75, 3.05) is 11.1 Å². The highest BCUT2D eigenvalue weighted by Crippen LogP contribution is 2.37. The Bertz CT molecular complexity index is 1150. The summed E-state index contributed by atoms with van der Waals surface area (Å²) in [6.07, 6.45) is 1.53. The number of benzene rings is 2. The standard InChI is InChI=1S/C20H13Cl2N3OS2/c21-15-7-6-13(8-16(15)22)25-17(26)10-28-20-18-14(12-4-2-1-3-5-12)9-27-19(18)23-11-24-20/h1-9,11H,10H2,(H,25,26). The molecule has 0 aliphatic heterocycles. The van der Waals surface area contributed by atoms with Crippen LogP contribution < -0.4 is 5.32 Å². The molecule has 4 rings (SSSR count). The van der Waals surface area contributed by atoms with E-state index in [9.17, 15) is 4.79 Å². The summed E-state index contributed by atoms with van der Waals surface area (Å²) < 4.78 is 0. The van der Waals surface area contributed by atoms with E-state index in [1.807, 2.05) is 18.2 Å². The normalized spacial score (nSPS) is 10.9. The second kappa shape index (κ2) is 8.49. The number of carbonyl (C=O) groups is 1. The molecule has 0 unspecified atom stereocenters. The molecule has 2 heterocycles.